The third-order valence-corrected chi connectivity index (χ3v) is 7.51. The van der Waals surface area contributed by atoms with Crippen molar-refractivity contribution in [2.24, 2.45) is 0 Å². The molecule has 38 heavy (non-hydrogen) atoms. The molecule has 0 spiro atoms. The summed E-state index contributed by atoms with van der Waals surface area (Å²) in [6, 6.07) is 5.42. The molecule has 1 aromatic rings. The van der Waals surface area contributed by atoms with E-state index in [1.54, 1.807) is 0 Å². The van der Waals surface area contributed by atoms with Crippen LogP contribution in [0.15, 0.2) is 18.2 Å². The summed E-state index contributed by atoms with van der Waals surface area (Å²) in [7, 11) is 0. The molecule has 1 saturated heterocycles. The number of amides is 1. The number of fused-ring (bicyclic) bond motifs is 1. The van der Waals surface area contributed by atoms with Crippen LogP contribution in [0.5, 0.6) is 11.5 Å². The molecular formula is C31H50N2O5. The van der Waals surface area contributed by atoms with Crippen molar-refractivity contribution in [2.45, 2.75) is 116 Å². The molecule has 0 aromatic heterocycles. The Labute approximate surface area is 230 Å². The van der Waals surface area contributed by atoms with E-state index in [1.807, 2.05) is 18.2 Å². The Morgan fingerprint density at radius 3 is 2.18 bits per heavy atom. The van der Waals surface area contributed by atoms with Gasteiger partial charge < -0.3 is 24.4 Å². The number of ether oxygens (including phenoxy) is 3. The molecule has 214 valence electrons. The van der Waals surface area contributed by atoms with Gasteiger partial charge >= 0.3 is 5.97 Å². The molecule has 2 heterocycles. The van der Waals surface area contributed by atoms with Crippen LogP contribution in [-0.2, 0) is 14.3 Å². The zero-order valence-corrected chi connectivity index (χ0v) is 23.8. The van der Waals surface area contributed by atoms with E-state index in [4.69, 9.17) is 14.2 Å². The number of carbonyl (C=O) groups is 2. The van der Waals surface area contributed by atoms with Crippen molar-refractivity contribution < 1.29 is 23.8 Å². The molecule has 3 rings (SSSR count). The van der Waals surface area contributed by atoms with Crippen LogP contribution in [0.2, 0.25) is 0 Å². The first-order valence-corrected chi connectivity index (χ1v) is 15.2. The molecule has 1 N–H and O–H groups in total. The van der Waals surface area contributed by atoms with E-state index in [2.05, 4.69) is 24.1 Å². The highest BCUT2D eigenvalue weighted by molar-refractivity contribution is 5.76. The van der Waals surface area contributed by atoms with E-state index in [0.717, 1.165) is 70.0 Å². The average Bonchev–Trinajstić information content (AvgIpc) is 3.44. The highest BCUT2D eigenvalue weighted by Gasteiger charge is 2.32. The van der Waals surface area contributed by atoms with Crippen LogP contribution in [-0.4, -0.2) is 55.7 Å². The number of hydrogen-bond acceptors (Lipinski definition) is 6. The molecule has 2 aliphatic heterocycles. The van der Waals surface area contributed by atoms with Gasteiger partial charge in [0.2, 0.25) is 5.91 Å². The monoisotopic (exact) mass is 530 g/mol. The van der Waals surface area contributed by atoms with Gasteiger partial charge in [0.1, 0.15) is 19.3 Å². The summed E-state index contributed by atoms with van der Waals surface area (Å²) in [5.41, 5.74) is 0.834. The number of benzene rings is 1. The number of nitrogens with zero attached hydrogens (tertiary/aromatic N) is 1. The molecule has 1 amide bonds. The number of esters is 1. The molecule has 0 bridgehead atoms. The predicted molar refractivity (Wildman–Crippen MR) is 151 cm³/mol. The van der Waals surface area contributed by atoms with Gasteiger partial charge in [-0.25, -0.2) is 0 Å². The summed E-state index contributed by atoms with van der Waals surface area (Å²) in [5.74, 6) is 1.19. The summed E-state index contributed by atoms with van der Waals surface area (Å²) in [4.78, 5) is 28.5. The Hall–Kier alpha value is -2.28. The summed E-state index contributed by atoms with van der Waals surface area (Å²) in [6.07, 6.45) is 13.5. The Kier molecular flexibility index (Phi) is 13.8. The maximum Gasteiger partial charge on any atom is 0.306 e. The SMILES string of the molecule is CCCCCCCC(=O)NC(CN1CCCC1)C(OC(=O)CCCCCCC)c1ccc2c(c1)OCCO2. The summed E-state index contributed by atoms with van der Waals surface area (Å²) < 4.78 is 17.7. The van der Waals surface area contributed by atoms with Crippen molar-refractivity contribution in [1.29, 1.82) is 0 Å². The molecule has 7 nitrogen and oxygen atoms in total. The Morgan fingerprint density at radius 1 is 0.868 bits per heavy atom. The summed E-state index contributed by atoms with van der Waals surface area (Å²) in [5, 5.41) is 3.27. The Balaban J connectivity index is 1.74. The second-order valence-electron chi connectivity index (χ2n) is 10.8. The molecule has 2 aliphatic rings. The largest absolute Gasteiger partial charge is 0.486 e. The minimum absolute atomic E-state index is 0.0313. The fraction of sp³-hybridized carbons (Fsp3) is 0.742. The van der Waals surface area contributed by atoms with Gasteiger partial charge in [-0.2, -0.15) is 0 Å². The smallest absolute Gasteiger partial charge is 0.306 e. The van der Waals surface area contributed by atoms with Gasteiger partial charge in [0.25, 0.3) is 0 Å². The molecule has 7 heteroatoms. The van der Waals surface area contributed by atoms with Crippen molar-refractivity contribution in [3.8, 4) is 11.5 Å². The van der Waals surface area contributed by atoms with Crippen molar-refractivity contribution in [1.82, 2.24) is 10.2 Å². The number of nitrogens with one attached hydrogen (secondary N) is 1. The molecule has 0 radical (unpaired) electrons. The second kappa shape index (κ2) is 17.3. The lowest BCUT2D eigenvalue weighted by molar-refractivity contribution is -0.152. The fourth-order valence-corrected chi connectivity index (χ4v) is 5.32. The molecule has 1 fully saturated rings. The van der Waals surface area contributed by atoms with Gasteiger partial charge in [-0.1, -0.05) is 71.3 Å². The van der Waals surface area contributed by atoms with Crippen LogP contribution in [0.3, 0.4) is 0 Å². The first kappa shape index (κ1) is 30.3. The van der Waals surface area contributed by atoms with Gasteiger partial charge in [-0.05, 0) is 56.5 Å². The lowest BCUT2D eigenvalue weighted by Gasteiger charge is -2.32. The first-order valence-electron chi connectivity index (χ1n) is 15.2. The number of carbonyl (C=O) groups excluding carboxylic acids is 2. The van der Waals surface area contributed by atoms with E-state index in [-0.39, 0.29) is 17.9 Å². The van der Waals surface area contributed by atoms with Crippen LogP contribution >= 0.6 is 0 Å². The van der Waals surface area contributed by atoms with Crippen LogP contribution < -0.4 is 14.8 Å². The zero-order chi connectivity index (χ0) is 27.0. The fourth-order valence-electron chi connectivity index (χ4n) is 5.32. The van der Waals surface area contributed by atoms with Crippen molar-refractivity contribution in [3.05, 3.63) is 23.8 Å². The summed E-state index contributed by atoms with van der Waals surface area (Å²) >= 11 is 0. The maximum atomic E-state index is 13.1. The van der Waals surface area contributed by atoms with Crippen molar-refractivity contribution >= 4 is 11.9 Å². The Morgan fingerprint density at radius 2 is 1.50 bits per heavy atom. The topological polar surface area (TPSA) is 77.1 Å². The van der Waals surface area contributed by atoms with E-state index >= 15 is 0 Å². The molecule has 2 unspecified atom stereocenters. The predicted octanol–water partition coefficient (Wildman–Crippen LogP) is 6.34. The minimum atomic E-state index is -0.585. The molecule has 0 saturated carbocycles. The highest BCUT2D eigenvalue weighted by Crippen LogP contribution is 2.35. The standard InChI is InChI=1S/C31H50N2O5/c1-3-5-7-9-11-15-29(34)32-26(24-33-19-13-14-20-33)31(38-30(35)16-12-10-8-6-4-2)25-17-18-27-28(23-25)37-22-21-36-27/h17-18,23,26,31H,3-16,19-22,24H2,1-2H3,(H,32,34). The van der Waals surface area contributed by atoms with Crippen LogP contribution in [0.4, 0.5) is 0 Å². The lowest BCUT2D eigenvalue weighted by Crippen LogP contribution is -2.47. The van der Waals surface area contributed by atoms with Crippen molar-refractivity contribution in [2.75, 3.05) is 32.8 Å². The van der Waals surface area contributed by atoms with Gasteiger partial charge in [0.15, 0.2) is 11.5 Å². The molecule has 1 aromatic carbocycles. The van der Waals surface area contributed by atoms with Crippen LogP contribution in [0.25, 0.3) is 0 Å². The van der Waals surface area contributed by atoms with E-state index < -0.39 is 6.10 Å². The quantitative estimate of drug-likeness (QED) is 0.176. The number of hydrogen-bond donors (Lipinski definition) is 1. The van der Waals surface area contributed by atoms with E-state index in [0.29, 0.717) is 44.1 Å². The number of unbranched alkanes of at least 4 members (excludes halogenated alkanes) is 8. The van der Waals surface area contributed by atoms with Gasteiger partial charge in [-0.3, -0.25) is 9.59 Å². The normalized spacial score (nSPS) is 16.7. The van der Waals surface area contributed by atoms with Gasteiger partial charge in [0.05, 0.1) is 6.04 Å². The average molecular weight is 531 g/mol. The minimum Gasteiger partial charge on any atom is -0.486 e. The molecular weight excluding hydrogens is 480 g/mol. The lowest BCUT2D eigenvalue weighted by atomic mass is 9.99. The van der Waals surface area contributed by atoms with Gasteiger partial charge in [-0.15, -0.1) is 0 Å². The van der Waals surface area contributed by atoms with E-state index in [9.17, 15) is 9.59 Å². The number of rotatable bonds is 18. The molecule has 2 atom stereocenters. The molecule has 0 aliphatic carbocycles. The third kappa shape index (κ3) is 10.5. The third-order valence-electron chi connectivity index (χ3n) is 7.51. The Bertz CT molecular complexity index is 840. The first-order chi connectivity index (χ1) is 18.6. The summed E-state index contributed by atoms with van der Waals surface area (Å²) in [6.45, 7) is 8.06. The zero-order valence-electron chi connectivity index (χ0n) is 23.8. The van der Waals surface area contributed by atoms with Crippen LogP contribution in [0, 0.1) is 0 Å². The number of likely N-dealkylation sites (tertiary alicyclic amines) is 1. The van der Waals surface area contributed by atoms with E-state index in [1.165, 1.54) is 25.7 Å². The van der Waals surface area contributed by atoms with Gasteiger partial charge in [0, 0.05) is 19.4 Å². The van der Waals surface area contributed by atoms with Crippen molar-refractivity contribution in [3.63, 3.8) is 0 Å². The maximum absolute atomic E-state index is 13.1. The van der Waals surface area contributed by atoms with Crippen LogP contribution in [0.1, 0.15) is 115 Å². The highest BCUT2D eigenvalue weighted by atomic mass is 16.6. The second-order valence-corrected chi connectivity index (χ2v) is 10.8.